The highest BCUT2D eigenvalue weighted by Crippen LogP contribution is 2.24. The molecule has 26 heavy (non-hydrogen) atoms. The Labute approximate surface area is 158 Å². The van der Waals surface area contributed by atoms with Crippen molar-refractivity contribution in [2.24, 2.45) is 0 Å². The lowest BCUT2D eigenvalue weighted by Crippen LogP contribution is -2.42. The number of amides is 2. The van der Waals surface area contributed by atoms with Gasteiger partial charge in [-0.1, -0.05) is 23.1 Å². The molecule has 0 saturated heterocycles. The summed E-state index contributed by atoms with van der Waals surface area (Å²) in [7, 11) is 0. The van der Waals surface area contributed by atoms with Crippen LogP contribution in [-0.2, 0) is 17.8 Å². The summed E-state index contributed by atoms with van der Waals surface area (Å²) in [5.41, 5.74) is -0.565. The first kappa shape index (κ1) is 18.6. The lowest BCUT2D eigenvalue weighted by molar-refractivity contribution is 0.0195. The number of rotatable bonds is 3. The second kappa shape index (κ2) is 7.19. The number of carbonyl (C=O) groups is 2. The zero-order valence-corrected chi connectivity index (χ0v) is 16.5. The fourth-order valence-electron chi connectivity index (χ4n) is 2.30. The Morgan fingerprint density at radius 3 is 2.62 bits per heavy atom. The van der Waals surface area contributed by atoms with Gasteiger partial charge < -0.3 is 9.30 Å². The summed E-state index contributed by atoms with van der Waals surface area (Å²) in [6, 6.07) is 0. The molecule has 0 atom stereocenters. The highest BCUT2D eigenvalue weighted by Gasteiger charge is 2.29. The number of aromatic nitrogens is 5. The van der Waals surface area contributed by atoms with E-state index in [1.54, 1.807) is 9.47 Å². The van der Waals surface area contributed by atoms with Crippen LogP contribution in [0.25, 0.3) is 0 Å². The Morgan fingerprint density at radius 2 is 1.96 bits per heavy atom. The van der Waals surface area contributed by atoms with Gasteiger partial charge in [-0.15, -0.1) is 20.4 Å². The molecule has 0 saturated carbocycles. The predicted octanol–water partition coefficient (Wildman–Crippen LogP) is 1.85. The number of thioether (sulfide) groups is 1. The van der Waals surface area contributed by atoms with E-state index in [4.69, 9.17) is 4.74 Å². The molecule has 1 N–H and O–H groups in total. The molecule has 0 radical (unpaired) electrons. The second-order valence-corrected chi connectivity index (χ2v) is 8.56. The van der Waals surface area contributed by atoms with Gasteiger partial charge in [0.1, 0.15) is 5.60 Å². The van der Waals surface area contributed by atoms with E-state index < -0.39 is 17.6 Å². The van der Waals surface area contributed by atoms with Crippen LogP contribution in [0.4, 0.5) is 9.93 Å². The normalized spacial score (nSPS) is 14.1. The van der Waals surface area contributed by atoms with E-state index in [0.717, 1.165) is 4.34 Å². The summed E-state index contributed by atoms with van der Waals surface area (Å²) in [4.78, 5) is 26.2. The molecule has 3 rings (SSSR count). The molecule has 0 fully saturated rings. The molecule has 0 spiro atoms. The fraction of sp³-hybridized carbons (Fsp3) is 0.571. The van der Waals surface area contributed by atoms with Crippen LogP contribution >= 0.6 is 23.1 Å². The van der Waals surface area contributed by atoms with Crippen molar-refractivity contribution in [1.82, 2.24) is 29.9 Å². The third-order valence-electron chi connectivity index (χ3n) is 3.41. The van der Waals surface area contributed by atoms with Crippen LogP contribution in [0.3, 0.4) is 0 Å². The quantitative estimate of drug-likeness (QED) is 0.616. The lowest BCUT2D eigenvalue weighted by Gasteiger charge is -2.30. The van der Waals surface area contributed by atoms with Crippen molar-refractivity contribution in [1.29, 1.82) is 0 Å². The van der Waals surface area contributed by atoms with Gasteiger partial charge in [-0.05, 0) is 27.0 Å². The zero-order chi connectivity index (χ0) is 18.9. The SMILES string of the molecule is CSc1nnc(NC(=O)c2nnc3n2CCN(C(=O)OC(C)(C)C)C3)s1. The van der Waals surface area contributed by atoms with Crippen molar-refractivity contribution in [2.75, 3.05) is 18.1 Å². The summed E-state index contributed by atoms with van der Waals surface area (Å²) in [6.45, 7) is 6.51. The maximum atomic E-state index is 12.4. The van der Waals surface area contributed by atoms with Crippen LogP contribution < -0.4 is 5.32 Å². The van der Waals surface area contributed by atoms with Gasteiger partial charge in [0.15, 0.2) is 10.2 Å². The summed E-state index contributed by atoms with van der Waals surface area (Å²) in [5.74, 6) is 0.317. The largest absolute Gasteiger partial charge is 0.444 e. The first-order valence-corrected chi connectivity index (χ1v) is 9.90. The van der Waals surface area contributed by atoms with Crippen molar-refractivity contribution >= 4 is 40.2 Å². The summed E-state index contributed by atoms with van der Waals surface area (Å²) < 4.78 is 7.83. The Balaban J connectivity index is 1.69. The van der Waals surface area contributed by atoms with E-state index in [1.807, 2.05) is 27.0 Å². The number of anilines is 1. The molecule has 140 valence electrons. The minimum Gasteiger partial charge on any atom is -0.444 e. The van der Waals surface area contributed by atoms with E-state index in [1.165, 1.54) is 23.1 Å². The topological polar surface area (TPSA) is 115 Å². The molecule has 2 aromatic rings. The number of fused-ring (bicyclic) bond motifs is 1. The van der Waals surface area contributed by atoms with Gasteiger partial charge in [0.05, 0.1) is 6.54 Å². The van der Waals surface area contributed by atoms with Gasteiger partial charge in [-0.3, -0.25) is 15.0 Å². The molecule has 10 nitrogen and oxygen atoms in total. The molecule has 2 aromatic heterocycles. The van der Waals surface area contributed by atoms with Crippen molar-refractivity contribution in [3.63, 3.8) is 0 Å². The predicted molar refractivity (Wildman–Crippen MR) is 96.3 cm³/mol. The number of carbonyl (C=O) groups excluding carboxylic acids is 2. The Hall–Kier alpha value is -2.21. The number of nitrogens with zero attached hydrogens (tertiary/aromatic N) is 6. The van der Waals surface area contributed by atoms with Gasteiger partial charge >= 0.3 is 6.09 Å². The molecule has 1 aliphatic heterocycles. The van der Waals surface area contributed by atoms with Gasteiger partial charge in [-0.2, -0.15) is 0 Å². The van der Waals surface area contributed by atoms with Crippen molar-refractivity contribution in [2.45, 2.75) is 43.8 Å². The first-order chi connectivity index (χ1) is 12.3. The molecule has 0 aromatic carbocycles. The van der Waals surface area contributed by atoms with Gasteiger partial charge in [-0.25, -0.2) is 4.79 Å². The van der Waals surface area contributed by atoms with Crippen LogP contribution in [-0.4, -0.2) is 60.3 Å². The first-order valence-electron chi connectivity index (χ1n) is 7.85. The monoisotopic (exact) mass is 397 g/mol. The summed E-state index contributed by atoms with van der Waals surface area (Å²) in [6.07, 6.45) is 1.48. The number of hydrogen-bond donors (Lipinski definition) is 1. The molecule has 12 heteroatoms. The maximum absolute atomic E-state index is 12.4. The summed E-state index contributed by atoms with van der Waals surface area (Å²) >= 11 is 2.74. The molecule has 1 aliphatic rings. The van der Waals surface area contributed by atoms with Crippen LogP contribution in [0.5, 0.6) is 0 Å². The highest BCUT2D eigenvalue weighted by atomic mass is 32.2. The molecule has 0 aliphatic carbocycles. The number of nitrogens with one attached hydrogen (secondary N) is 1. The highest BCUT2D eigenvalue weighted by molar-refractivity contribution is 8.00. The molecule has 3 heterocycles. The van der Waals surface area contributed by atoms with Crippen molar-refractivity contribution < 1.29 is 14.3 Å². The Morgan fingerprint density at radius 1 is 1.19 bits per heavy atom. The van der Waals surface area contributed by atoms with Crippen LogP contribution in [0.15, 0.2) is 4.34 Å². The van der Waals surface area contributed by atoms with E-state index in [-0.39, 0.29) is 12.4 Å². The molecular weight excluding hydrogens is 378 g/mol. The maximum Gasteiger partial charge on any atom is 0.410 e. The second-order valence-electron chi connectivity index (χ2n) is 6.52. The number of ether oxygens (including phenoxy) is 1. The minimum atomic E-state index is -0.565. The van der Waals surface area contributed by atoms with Crippen LogP contribution in [0.2, 0.25) is 0 Å². The van der Waals surface area contributed by atoms with E-state index >= 15 is 0 Å². The van der Waals surface area contributed by atoms with E-state index in [0.29, 0.717) is 24.0 Å². The van der Waals surface area contributed by atoms with Gasteiger partial charge in [0.2, 0.25) is 11.0 Å². The van der Waals surface area contributed by atoms with Gasteiger partial charge in [0, 0.05) is 13.1 Å². The van der Waals surface area contributed by atoms with Gasteiger partial charge in [0.25, 0.3) is 5.91 Å². The smallest absolute Gasteiger partial charge is 0.410 e. The lowest BCUT2D eigenvalue weighted by atomic mass is 10.2. The average Bonchev–Trinajstić information content (AvgIpc) is 3.18. The van der Waals surface area contributed by atoms with E-state index in [2.05, 4.69) is 25.7 Å². The van der Waals surface area contributed by atoms with Crippen LogP contribution in [0.1, 0.15) is 37.2 Å². The third-order valence-corrected chi connectivity index (χ3v) is 5.22. The molecular formula is C14H19N7O3S2. The standard InChI is InChI=1S/C14H19N7O3S2/c1-14(2,3)24-13(23)20-5-6-21-8(7-20)16-17-9(21)10(22)15-11-18-19-12(25-4)26-11/h5-7H2,1-4H3,(H,15,18,22). The van der Waals surface area contributed by atoms with Crippen LogP contribution in [0, 0.1) is 0 Å². The fourth-order valence-corrected chi connectivity index (χ4v) is 3.47. The summed E-state index contributed by atoms with van der Waals surface area (Å²) in [5, 5.41) is 18.9. The Bertz CT molecular complexity index is 827. The molecule has 0 bridgehead atoms. The molecule has 2 amide bonds. The van der Waals surface area contributed by atoms with E-state index in [9.17, 15) is 9.59 Å². The molecule has 0 unspecified atom stereocenters. The third kappa shape index (κ3) is 4.12. The van der Waals surface area contributed by atoms with Crippen molar-refractivity contribution in [3.8, 4) is 0 Å². The Kier molecular flexibility index (Phi) is 5.14. The number of hydrogen-bond acceptors (Lipinski definition) is 9. The zero-order valence-electron chi connectivity index (χ0n) is 14.8. The average molecular weight is 397 g/mol. The minimum absolute atomic E-state index is 0.185. The van der Waals surface area contributed by atoms with Crippen molar-refractivity contribution in [3.05, 3.63) is 11.6 Å².